The van der Waals surface area contributed by atoms with Crippen LogP contribution in [0.3, 0.4) is 0 Å². The van der Waals surface area contributed by atoms with Crippen LogP contribution in [-0.4, -0.2) is 73.7 Å². The van der Waals surface area contributed by atoms with Crippen LogP contribution in [0.4, 0.5) is 10.5 Å². The molecule has 3 saturated heterocycles. The molecule has 4 rings (SSSR count). The van der Waals surface area contributed by atoms with Gasteiger partial charge in [0.2, 0.25) is 0 Å². The van der Waals surface area contributed by atoms with Crippen LogP contribution in [0.2, 0.25) is 5.02 Å². The van der Waals surface area contributed by atoms with Crippen LogP contribution in [0, 0.1) is 0 Å². The average molecular weight is 623 g/mol. The molecule has 0 aromatic heterocycles. The summed E-state index contributed by atoms with van der Waals surface area (Å²) in [4.78, 5) is 15.5. The highest BCUT2D eigenvalue weighted by Gasteiger charge is 2.58. The normalized spacial score (nSPS) is 26.1. The Morgan fingerprint density at radius 2 is 1.53 bits per heavy atom. The molecule has 3 fully saturated rings. The smallest absolute Gasteiger partial charge is 0.412 e. The first kappa shape index (κ1) is 34.5. The Hall–Kier alpha value is -1.42. The first-order valence-electron chi connectivity index (χ1n) is 16.9. The molecule has 3 aliphatic rings. The zero-order valence-electron chi connectivity index (χ0n) is 26.7. The fourth-order valence-corrected chi connectivity index (χ4v) is 6.54. The predicted octanol–water partition coefficient (Wildman–Crippen LogP) is 8.32. The summed E-state index contributed by atoms with van der Waals surface area (Å²) in [6.07, 6.45) is 14.5. The lowest BCUT2D eigenvalue weighted by Crippen LogP contribution is -2.48. The highest BCUT2D eigenvalue weighted by atomic mass is 35.5. The second-order valence-corrected chi connectivity index (χ2v) is 13.3. The molecular weight excluding hydrogens is 568 g/mol. The van der Waals surface area contributed by atoms with Crippen molar-refractivity contribution in [1.82, 2.24) is 4.90 Å². The van der Waals surface area contributed by atoms with Crippen LogP contribution >= 0.6 is 11.6 Å². The standard InChI is InChI=1S/C34H55ClN2O6/c1-4-5-6-7-8-9-10-11-14-17-24-39-32-31-30(42-34(2,3)43-31)29(41-32)28(25-37-22-15-12-13-16-23-37)40-33(38)36-27-20-18-26(35)19-21-27/h18-21,28-32H,4-17,22-25H2,1-3H3,(H,36,38)/t28-,29-,30+,31+,32+/m1/s1. The number of hydrogen-bond acceptors (Lipinski definition) is 7. The van der Waals surface area contributed by atoms with Gasteiger partial charge in [-0.1, -0.05) is 89.2 Å². The van der Waals surface area contributed by atoms with Crippen LogP contribution in [0.15, 0.2) is 24.3 Å². The summed E-state index contributed by atoms with van der Waals surface area (Å²) in [5, 5.41) is 3.44. The Morgan fingerprint density at radius 1 is 0.930 bits per heavy atom. The molecule has 43 heavy (non-hydrogen) atoms. The number of nitrogens with zero attached hydrogens (tertiary/aromatic N) is 1. The maximum absolute atomic E-state index is 13.1. The lowest BCUT2D eigenvalue weighted by molar-refractivity contribution is -0.243. The lowest BCUT2D eigenvalue weighted by atomic mass is 10.0. The van der Waals surface area contributed by atoms with E-state index in [0.29, 0.717) is 23.9 Å². The molecule has 1 aromatic carbocycles. The van der Waals surface area contributed by atoms with Gasteiger partial charge in [0.1, 0.15) is 24.4 Å². The van der Waals surface area contributed by atoms with Crippen molar-refractivity contribution in [3.63, 3.8) is 0 Å². The lowest BCUT2D eigenvalue weighted by Gasteiger charge is -2.32. The molecule has 1 aromatic rings. The summed E-state index contributed by atoms with van der Waals surface area (Å²) in [6.45, 7) is 9.21. The van der Waals surface area contributed by atoms with Crippen molar-refractivity contribution in [3.8, 4) is 0 Å². The first-order valence-corrected chi connectivity index (χ1v) is 17.3. The molecule has 1 amide bonds. The van der Waals surface area contributed by atoms with Gasteiger partial charge in [-0.15, -0.1) is 0 Å². The quantitative estimate of drug-likeness (QED) is 0.175. The van der Waals surface area contributed by atoms with Gasteiger partial charge in [0, 0.05) is 23.9 Å². The number of nitrogens with one attached hydrogen (secondary N) is 1. The topological polar surface area (TPSA) is 78.5 Å². The largest absolute Gasteiger partial charge is 0.442 e. The molecule has 3 heterocycles. The highest BCUT2D eigenvalue weighted by Crippen LogP contribution is 2.41. The number of fused-ring (bicyclic) bond motifs is 1. The Morgan fingerprint density at radius 3 is 2.19 bits per heavy atom. The van der Waals surface area contributed by atoms with E-state index in [2.05, 4.69) is 17.1 Å². The number of unbranched alkanes of at least 4 members (excludes halogenated alkanes) is 9. The molecule has 0 saturated carbocycles. The van der Waals surface area contributed by atoms with Gasteiger partial charge >= 0.3 is 6.09 Å². The zero-order chi connectivity index (χ0) is 30.5. The van der Waals surface area contributed by atoms with E-state index in [1.54, 1.807) is 24.3 Å². The SMILES string of the molecule is CCCCCCCCCCCCO[C@H]1O[C@H]([C@@H](CN2CCCCCC2)OC(=O)Nc2ccc(Cl)cc2)[C@@H]2OC(C)(C)O[C@H]12. The van der Waals surface area contributed by atoms with Gasteiger partial charge in [-0.25, -0.2) is 4.79 Å². The highest BCUT2D eigenvalue weighted by molar-refractivity contribution is 6.30. The van der Waals surface area contributed by atoms with E-state index in [-0.39, 0.29) is 6.10 Å². The van der Waals surface area contributed by atoms with E-state index >= 15 is 0 Å². The Bertz CT molecular complexity index is 939. The first-order chi connectivity index (χ1) is 20.8. The minimum absolute atomic E-state index is 0.377. The van der Waals surface area contributed by atoms with Gasteiger partial charge in [-0.2, -0.15) is 0 Å². The van der Waals surface area contributed by atoms with E-state index in [1.807, 2.05) is 13.8 Å². The van der Waals surface area contributed by atoms with Crippen LogP contribution in [0.5, 0.6) is 0 Å². The predicted molar refractivity (Wildman–Crippen MR) is 171 cm³/mol. The van der Waals surface area contributed by atoms with Gasteiger partial charge in [0.25, 0.3) is 0 Å². The second kappa shape index (κ2) is 17.9. The van der Waals surface area contributed by atoms with E-state index in [0.717, 1.165) is 38.8 Å². The third-order valence-electron chi connectivity index (χ3n) is 8.68. The molecule has 0 unspecified atom stereocenters. The number of likely N-dealkylation sites (tertiary alicyclic amines) is 1. The number of hydrogen-bond donors (Lipinski definition) is 1. The summed E-state index contributed by atoms with van der Waals surface area (Å²) in [5.74, 6) is -0.769. The molecule has 244 valence electrons. The molecule has 5 atom stereocenters. The van der Waals surface area contributed by atoms with E-state index < -0.39 is 36.5 Å². The van der Waals surface area contributed by atoms with Crippen molar-refractivity contribution >= 4 is 23.4 Å². The minimum Gasteiger partial charge on any atom is -0.442 e. The van der Waals surface area contributed by atoms with Crippen molar-refractivity contribution in [2.75, 3.05) is 31.6 Å². The van der Waals surface area contributed by atoms with Gasteiger partial charge in [0.15, 0.2) is 12.1 Å². The molecular formula is C34H55ClN2O6. The average Bonchev–Trinajstić information content (AvgIpc) is 3.32. The Labute approximate surface area is 264 Å². The van der Waals surface area contributed by atoms with Crippen LogP contribution in [-0.2, 0) is 23.7 Å². The fraction of sp³-hybridized carbons (Fsp3) is 0.794. The third kappa shape index (κ3) is 11.5. The van der Waals surface area contributed by atoms with Crippen LogP contribution < -0.4 is 5.32 Å². The molecule has 8 nitrogen and oxygen atoms in total. The van der Waals surface area contributed by atoms with Gasteiger partial charge in [-0.3, -0.25) is 10.2 Å². The molecule has 9 heteroatoms. The zero-order valence-corrected chi connectivity index (χ0v) is 27.5. The van der Waals surface area contributed by atoms with Crippen LogP contribution in [0.25, 0.3) is 0 Å². The summed E-state index contributed by atoms with van der Waals surface area (Å²) in [7, 11) is 0. The number of halogens is 1. The maximum Gasteiger partial charge on any atom is 0.412 e. The number of anilines is 1. The van der Waals surface area contributed by atoms with Gasteiger partial charge in [-0.05, 0) is 70.5 Å². The molecule has 1 N–H and O–H groups in total. The summed E-state index contributed by atoms with van der Waals surface area (Å²) in [5.41, 5.74) is 0.618. The number of rotatable bonds is 17. The van der Waals surface area contributed by atoms with Crippen molar-refractivity contribution in [2.45, 2.75) is 147 Å². The third-order valence-corrected chi connectivity index (χ3v) is 8.93. The number of carbonyl (C=O) groups excluding carboxylic acids is 1. The molecule has 0 radical (unpaired) electrons. The minimum atomic E-state index is -0.769. The van der Waals surface area contributed by atoms with Crippen molar-refractivity contribution < 1.29 is 28.5 Å². The fourth-order valence-electron chi connectivity index (χ4n) is 6.41. The van der Waals surface area contributed by atoms with Gasteiger partial charge in [0.05, 0.1) is 0 Å². The molecule has 3 aliphatic heterocycles. The number of benzene rings is 1. The van der Waals surface area contributed by atoms with E-state index in [1.165, 1.54) is 64.2 Å². The van der Waals surface area contributed by atoms with Crippen molar-refractivity contribution in [2.24, 2.45) is 0 Å². The molecule has 0 bridgehead atoms. The van der Waals surface area contributed by atoms with Gasteiger partial charge < -0.3 is 23.7 Å². The maximum atomic E-state index is 13.1. The van der Waals surface area contributed by atoms with Crippen LogP contribution in [0.1, 0.15) is 111 Å². The second-order valence-electron chi connectivity index (χ2n) is 12.9. The Kier molecular flexibility index (Phi) is 14.3. The van der Waals surface area contributed by atoms with Crippen molar-refractivity contribution in [1.29, 1.82) is 0 Å². The van der Waals surface area contributed by atoms with Crippen molar-refractivity contribution in [3.05, 3.63) is 29.3 Å². The number of amides is 1. The monoisotopic (exact) mass is 622 g/mol. The molecule has 0 spiro atoms. The number of ether oxygens (including phenoxy) is 5. The molecule has 0 aliphatic carbocycles. The van der Waals surface area contributed by atoms with E-state index in [9.17, 15) is 4.79 Å². The summed E-state index contributed by atoms with van der Waals surface area (Å²) >= 11 is 6.02. The number of carbonyl (C=O) groups is 1. The summed E-state index contributed by atoms with van der Waals surface area (Å²) in [6, 6.07) is 6.98. The summed E-state index contributed by atoms with van der Waals surface area (Å²) < 4.78 is 31.5. The van der Waals surface area contributed by atoms with E-state index in [4.69, 9.17) is 35.3 Å². The Balaban J connectivity index is 1.33.